The molecule has 82 valence electrons. The predicted octanol–water partition coefficient (Wildman–Crippen LogP) is 2.30. The Morgan fingerprint density at radius 1 is 1.20 bits per heavy atom. The number of likely N-dealkylation sites (tertiary alicyclic amines) is 1. The van der Waals surface area contributed by atoms with Gasteiger partial charge in [0, 0.05) is 12.6 Å². The molecule has 1 atom stereocenters. The van der Waals surface area contributed by atoms with Gasteiger partial charge >= 0.3 is 0 Å². The standard InChI is InChI=1S/C13H20N2/c1-11(14)13-6-4-12(5-7-13)10-15-8-2-3-9-15/h4-7,11H,2-3,8-10,14H2,1H3. The summed E-state index contributed by atoms with van der Waals surface area (Å²) >= 11 is 0. The monoisotopic (exact) mass is 204 g/mol. The van der Waals surface area contributed by atoms with Gasteiger partial charge < -0.3 is 5.73 Å². The second-order valence-corrected chi connectivity index (χ2v) is 4.51. The summed E-state index contributed by atoms with van der Waals surface area (Å²) in [6.07, 6.45) is 2.72. The molecular formula is C13H20N2. The molecule has 1 aromatic rings. The van der Waals surface area contributed by atoms with E-state index in [9.17, 15) is 0 Å². The zero-order valence-electron chi connectivity index (χ0n) is 9.45. The number of hydrogen-bond acceptors (Lipinski definition) is 2. The Morgan fingerprint density at radius 3 is 2.33 bits per heavy atom. The van der Waals surface area contributed by atoms with E-state index < -0.39 is 0 Å². The first-order valence-electron chi connectivity index (χ1n) is 5.82. The van der Waals surface area contributed by atoms with Gasteiger partial charge in [-0.2, -0.15) is 0 Å². The highest BCUT2D eigenvalue weighted by Gasteiger charge is 2.11. The van der Waals surface area contributed by atoms with Gasteiger partial charge in [-0.05, 0) is 44.0 Å². The highest BCUT2D eigenvalue weighted by molar-refractivity contribution is 5.24. The maximum absolute atomic E-state index is 5.82. The van der Waals surface area contributed by atoms with E-state index in [0.29, 0.717) is 0 Å². The smallest absolute Gasteiger partial charge is 0.0266 e. The quantitative estimate of drug-likeness (QED) is 0.818. The number of nitrogens with zero attached hydrogens (tertiary/aromatic N) is 1. The summed E-state index contributed by atoms with van der Waals surface area (Å²) in [6, 6.07) is 8.85. The van der Waals surface area contributed by atoms with Crippen LogP contribution in [-0.4, -0.2) is 18.0 Å². The maximum atomic E-state index is 5.82. The number of rotatable bonds is 3. The average molecular weight is 204 g/mol. The third-order valence-corrected chi connectivity index (χ3v) is 3.11. The zero-order valence-corrected chi connectivity index (χ0v) is 9.45. The summed E-state index contributed by atoms with van der Waals surface area (Å²) in [5.74, 6) is 0. The van der Waals surface area contributed by atoms with Crippen LogP contribution in [0.1, 0.15) is 36.9 Å². The molecule has 1 saturated heterocycles. The van der Waals surface area contributed by atoms with Gasteiger partial charge in [-0.1, -0.05) is 24.3 Å². The minimum Gasteiger partial charge on any atom is -0.324 e. The normalized spacial score (nSPS) is 19.3. The molecule has 0 spiro atoms. The summed E-state index contributed by atoms with van der Waals surface area (Å²) in [5.41, 5.74) is 8.44. The first-order valence-corrected chi connectivity index (χ1v) is 5.82. The molecule has 2 nitrogen and oxygen atoms in total. The van der Waals surface area contributed by atoms with Gasteiger partial charge in [-0.15, -0.1) is 0 Å². The van der Waals surface area contributed by atoms with Crippen LogP contribution in [0.3, 0.4) is 0 Å². The van der Waals surface area contributed by atoms with Crippen LogP contribution < -0.4 is 5.73 Å². The van der Waals surface area contributed by atoms with Crippen LogP contribution in [0.15, 0.2) is 24.3 Å². The summed E-state index contributed by atoms with van der Waals surface area (Å²) in [4.78, 5) is 2.51. The van der Waals surface area contributed by atoms with Crippen LogP contribution in [-0.2, 0) is 6.54 Å². The van der Waals surface area contributed by atoms with E-state index in [1.165, 1.54) is 37.1 Å². The van der Waals surface area contributed by atoms with Gasteiger partial charge in [0.05, 0.1) is 0 Å². The van der Waals surface area contributed by atoms with Gasteiger partial charge in [0.15, 0.2) is 0 Å². The fraction of sp³-hybridized carbons (Fsp3) is 0.538. The third kappa shape index (κ3) is 2.80. The zero-order chi connectivity index (χ0) is 10.7. The molecule has 1 aliphatic heterocycles. The molecule has 0 amide bonds. The van der Waals surface area contributed by atoms with Crippen LogP contribution in [0.2, 0.25) is 0 Å². The molecule has 2 rings (SSSR count). The Kier molecular flexibility index (Phi) is 3.39. The van der Waals surface area contributed by atoms with Gasteiger partial charge in [0.2, 0.25) is 0 Å². The Morgan fingerprint density at radius 2 is 1.80 bits per heavy atom. The Balaban J connectivity index is 1.97. The van der Waals surface area contributed by atoms with Gasteiger partial charge in [0.25, 0.3) is 0 Å². The summed E-state index contributed by atoms with van der Waals surface area (Å²) < 4.78 is 0. The van der Waals surface area contributed by atoms with Crippen molar-refractivity contribution in [3.8, 4) is 0 Å². The van der Waals surface area contributed by atoms with Crippen LogP contribution >= 0.6 is 0 Å². The second kappa shape index (κ2) is 4.77. The minimum absolute atomic E-state index is 0.144. The Labute approximate surface area is 92.1 Å². The third-order valence-electron chi connectivity index (χ3n) is 3.11. The van der Waals surface area contributed by atoms with E-state index in [4.69, 9.17) is 5.73 Å². The van der Waals surface area contributed by atoms with Crippen molar-refractivity contribution in [2.75, 3.05) is 13.1 Å². The van der Waals surface area contributed by atoms with E-state index in [2.05, 4.69) is 29.2 Å². The molecule has 1 heterocycles. The minimum atomic E-state index is 0.144. The lowest BCUT2D eigenvalue weighted by Crippen LogP contribution is -2.18. The fourth-order valence-electron chi connectivity index (χ4n) is 2.13. The maximum Gasteiger partial charge on any atom is 0.0266 e. The fourth-order valence-corrected chi connectivity index (χ4v) is 2.13. The van der Waals surface area contributed by atoms with Gasteiger partial charge in [-0.25, -0.2) is 0 Å². The Bertz CT molecular complexity index is 297. The van der Waals surface area contributed by atoms with Crippen molar-refractivity contribution >= 4 is 0 Å². The number of benzene rings is 1. The Hall–Kier alpha value is -0.860. The van der Waals surface area contributed by atoms with E-state index in [1.54, 1.807) is 0 Å². The largest absolute Gasteiger partial charge is 0.324 e. The van der Waals surface area contributed by atoms with Gasteiger partial charge in [-0.3, -0.25) is 4.90 Å². The van der Waals surface area contributed by atoms with Crippen molar-refractivity contribution in [1.29, 1.82) is 0 Å². The molecular weight excluding hydrogens is 184 g/mol. The van der Waals surface area contributed by atoms with Crippen molar-refractivity contribution in [3.63, 3.8) is 0 Å². The predicted molar refractivity (Wildman–Crippen MR) is 63.6 cm³/mol. The SMILES string of the molecule is CC(N)c1ccc(CN2CCCC2)cc1. The van der Waals surface area contributed by atoms with Crippen LogP contribution in [0.5, 0.6) is 0 Å². The molecule has 2 N–H and O–H groups in total. The van der Waals surface area contributed by atoms with Crippen molar-refractivity contribution in [2.24, 2.45) is 5.73 Å². The van der Waals surface area contributed by atoms with Crippen molar-refractivity contribution < 1.29 is 0 Å². The molecule has 0 aliphatic carbocycles. The van der Waals surface area contributed by atoms with Crippen LogP contribution in [0.4, 0.5) is 0 Å². The molecule has 1 unspecified atom stereocenters. The molecule has 0 aromatic heterocycles. The molecule has 1 aliphatic rings. The van der Waals surface area contributed by atoms with Crippen molar-refractivity contribution in [2.45, 2.75) is 32.4 Å². The van der Waals surface area contributed by atoms with E-state index in [-0.39, 0.29) is 6.04 Å². The lowest BCUT2D eigenvalue weighted by atomic mass is 10.1. The molecule has 2 heteroatoms. The van der Waals surface area contributed by atoms with Crippen molar-refractivity contribution in [3.05, 3.63) is 35.4 Å². The number of nitrogens with two attached hydrogens (primary N) is 1. The molecule has 15 heavy (non-hydrogen) atoms. The van der Waals surface area contributed by atoms with E-state index in [0.717, 1.165) is 6.54 Å². The summed E-state index contributed by atoms with van der Waals surface area (Å²) in [5, 5.41) is 0. The molecule has 0 bridgehead atoms. The molecule has 0 radical (unpaired) electrons. The highest BCUT2D eigenvalue weighted by Crippen LogP contribution is 2.15. The average Bonchev–Trinajstić information content (AvgIpc) is 2.71. The van der Waals surface area contributed by atoms with E-state index in [1.807, 2.05) is 6.92 Å². The highest BCUT2D eigenvalue weighted by atomic mass is 15.1. The van der Waals surface area contributed by atoms with Crippen LogP contribution in [0, 0.1) is 0 Å². The molecule has 1 aromatic carbocycles. The lowest BCUT2D eigenvalue weighted by molar-refractivity contribution is 0.331. The molecule has 0 saturated carbocycles. The van der Waals surface area contributed by atoms with Gasteiger partial charge in [0.1, 0.15) is 0 Å². The number of hydrogen-bond donors (Lipinski definition) is 1. The lowest BCUT2D eigenvalue weighted by Gasteiger charge is -2.15. The van der Waals surface area contributed by atoms with E-state index >= 15 is 0 Å². The first kappa shape index (κ1) is 10.7. The first-order chi connectivity index (χ1) is 7.25. The van der Waals surface area contributed by atoms with Crippen LogP contribution in [0.25, 0.3) is 0 Å². The summed E-state index contributed by atoms with van der Waals surface area (Å²) in [6.45, 7) is 5.64. The topological polar surface area (TPSA) is 29.3 Å². The second-order valence-electron chi connectivity index (χ2n) is 4.51. The summed E-state index contributed by atoms with van der Waals surface area (Å²) in [7, 11) is 0. The molecule has 1 fully saturated rings. The van der Waals surface area contributed by atoms with Crippen molar-refractivity contribution in [1.82, 2.24) is 4.90 Å².